The summed E-state index contributed by atoms with van der Waals surface area (Å²) in [5.74, 6) is -1.90. The number of alkyl halides is 2. The predicted molar refractivity (Wildman–Crippen MR) is 153 cm³/mol. The van der Waals surface area contributed by atoms with Crippen molar-refractivity contribution in [1.82, 2.24) is 20.0 Å². The van der Waals surface area contributed by atoms with Crippen LogP contribution in [0.15, 0.2) is 48.8 Å². The third kappa shape index (κ3) is 5.76. The Hall–Kier alpha value is -4.75. The zero-order valence-corrected chi connectivity index (χ0v) is 23.4. The molecule has 0 fully saturated rings. The number of rotatable bonds is 8. The lowest BCUT2D eigenvalue weighted by Crippen LogP contribution is -2.40. The molecule has 208 valence electrons. The monoisotopic (exact) mass is 575 g/mol. The van der Waals surface area contributed by atoms with Gasteiger partial charge in [0.25, 0.3) is 0 Å². The first-order valence-corrected chi connectivity index (χ1v) is 12.7. The fourth-order valence-electron chi connectivity index (χ4n) is 4.18. The van der Waals surface area contributed by atoms with Crippen LogP contribution in [0.5, 0.6) is 0 Å². The minimum absolute atomic E-state index is 0.000263. The smallest absolute Gasteiger partial charge is 0.383 e. The summed E-state index contributed by atoms with van der Waals surface area (Å²) in [5, 5.41) is 34.1. The summed E-state index contributed by atoms with van der Waals surface area (Å²) < 4.78 is 28.9. The van der Waals surface area contributed by atoms with E-state index < -0.39 is 17.4 Å². The Balaban J connectivity index is 1.90. The van der Waals surface area contributed by atoms with Gasteiger partial charge >= 0.3 is 12.0 Å². The van der Waals surface area contributed by atoms with Gasteiger partial charge in [-0.1, -0.05) is 49.7 Å². The van der Waals surface area contributed by atoms with Crippen LogP contribution in [0.2, 0.25) is 5.02 Å². The van der Waals surface area contributed by atoms with Crippen molar-refractivity contribution in [3.05, 3.63) is 76.2 Å². The highest BCUT2D eigenvalue weighted by atomic mass is 35.5. The number of fused-ring (bicyclic) bond motifs is 1. The molecule has 2 aromatic carbocycles. The zero-order chi connectivity index (χ0) is 30.2. The molecule has 4 N–H and O–H groups in total. The number of carbonyl (C=O) groups is 1. The average Bonchev–Trinajstić information content (AvgIpc) is 3.43. The van der Waals surface area contributed by atoms with Crippen molar-refractivity contribution in [3.8, 4) is 12.1 Å². The number of hydrogen-bond acceptors (Lipinski definition) is 8. The molecular formula is C27H25BClF2N9O. The van der Waals surface area contributed by atoms with Crippen LogP contribution in [0.25, 0.3) is 10.9 Å². The maximum atomic E-state index is 14.4. The van der Waals surface area contributed by atoms with Gasteiger partial charge in [-0.25, -0.2) is 0 Å². The molecule has 0 aliphatic rings. The molecule has 14 heteroatoms. The summed E-state index contributed by atoms with van der Waals surface area (Å²) in [6, 6.07) is 9.92. The first-order valence-electron chi connectivity index (χ1n) is 12.4. The minimum Gasteiger partial charge on any atom is -0.383 e. The third-order valence-corrected chi connectivity index (χ3v) is 6.68. The number of nitrogens with one attached hydrogen (secondary N) is 2. The summed E-state index contributed by atoms with van der Waals surface area (Å²) in [6.45, 7) is 6.69. The molecule has 1 unspecified atom stereocenters. The number of benzene rings is 2. The Bertz CT molecular complexity index is 1740. The summed E-state index contributed by atoms with van der Waals surface area (Å²) in [7, 11) is 1.65. The van der Waals surface area contributed by atoms with Gasteiger partial charge in [0.2, 0.25) is 0 Å². The predicted octanol–water partition coefficient (Wildman–Crippen LogP) is 3.66. The van der Waals surface area contributed by atoms with E-state index in [1.54, 1.807) is 44.2 Å². The van der Waals surface area contributed by atoms with Crippen LogP contribution >= 0.6 is 11.6 Å². The van der Waals surface area contributed by atoms with Gasteiger partial charge in [-0.05, 0) is 35.2 Å². The SMILES string of the molecule is BC(Nc1cc(Cl)c2ncc(C#N)c(NCC(C)(C)C)c2c1)(c1cccc(C#N)c1)c1cn(C(F)(F)C(N)=O)nn1. The van der Waals surface area contributed by atoms with Crippen molar-refractivity contribution in [1.29, 1.82) is 10.5 Å². The second-order valence-electron chi connectivity index (χ2n) is 10.8. The Morgan fingerprint density at radius 2 is 1.93 bits per heavy atom. The molecule has 4 aromatic rings. The van der Waals surface area contributed by atoms with Crippen LogP contribution in [0, 0.1) is 28.1 Å². The highest BCUT2D eigenvalue weighted by Gasteiger charge is 2.42. The number of primary amides is 1. The van der Waals surface area contributed by atoms with E-state index in [4.69, 9.17) is 17.3 Å². The van der Waals surface area contributed by atoms with E-state index in [0.29, 0.717) is 45.5 Å². The van der Waals surface area contributed by atoms with E-state index in [9.17, 15) is 24.1 Å². The van der Waals surface area contributed by atoms with Gasteiger partial charge in [0.15, 0.2) is 0 Å². The van der Waals surface area contributed by atoms with Gasteiger partial charge in [-0.3, -0.25) is 9.78 Å². The summed E-state index contributed by atoms with van der Waals surface area (Å²) >= 11 is 6.65. The Kier molecular flexibility index (Phi) is 7.61. The van der Waals surface area contributed by atoms with E-state index in [2.05, 4.69) is 38.1 Å². The topological polar surface area (TPSA) is 158 Å². The molecule has 0 saturated heterocycles. The summed E-state index contributed by atoms with van der Waals surface area (Å²) in [5.41, 5.74) is 5.94. The highest BCUT2D eigenvalue weighted by molar-refractivity contribution is 6.36. The molecule has 2 aromatic heterocycles. The third-order valence-electron chi connectivity index (χ3n) is 6.39. The molecule has 1 amide bonds. The van der Waals surface area contributed by atoms with Crippen molar-refractivity contribution in [2.24, 2.45) is 11.1 Å². The number of carbonyl (C=O) groups excluding carboxylic acids is 1. The van der Waals surface area contributed by atoms with Crippen LogP contribution in [0.3, 0.4) is 0 Å². The molecule has 0 saturated carbocycles. The quantitative estimate of drug-likeness (QED) is 0.269. The average molecular weight is 576 g/mol. The van der Waals surface area contributed by atoms with Crippen molar-refractivity contribution < 1.29 is 13.6 Å². The van der Waals surface area contributed by atoms with Crippen LogP contribution in [-0.4, -0.2) is 40.3 Å². The number of anilines is 2. The van der Waals surface area contributed by atoms with Gasteiger partial charge < -0.3 is 16.4 Å². The second-order valence-corrected chi connectivity index (χ2v) is 11.2. The lowest BCUT2D eigenvalue weighted by Gasteiger charge is -2.31. The molecule has 10 nitrogen and oxygen atoms in total. The number of nitriles is 2. The number of nitrogens with zero attached hydrogens (tertiary/aromatic N) is 6. The lowest BCUT2D eigenvalue weighted by molar-refractivity contribution is -0.159. The number of hydrogen-bond donors (Lipinski definition) is 3. The van der Waals surface area contributed by atoms with Gasteiger partial charge in [0.05, 0.1) is 45.1 Å². The van der Waals surface area contributed by atoms with Gasteiger partial charge in [-0.2, -0.15) is 24.0 Å². The molecule has 4 rings (SSSR count). The molecule has 0 spiro atoms. The van der Waals surface area contributed by atoms with Crippen LogP contribution < -0.4 is 16.4 Å². The number of pyridine rings is 1. The van der Waals surface area contributed by atoms with E-state index >= 15 is 0 Å². The maximum Gasteiger partial charge on any atom is 0.423 e. The van der Waals surface area contributed by atoms with Crippen molar-refractivity contribution in [2.45, 2.75) is 32.3 Å². The normalized spacial score (nSPS) is 13.2. The first kappa shape index (κ1) is 29.2. The molecule has 2 heterocycles. The standard InChI is InChI=1S/C27H25BClF2N9O/c1-25(2,3)14-36-22-16(11-33)12-35-23-19(22)8-18(9-20(23)29)37-26(28,17-6-4-5-15(7-17)10-32)21-13-40(39-38-21)27(30,31)24(34)41/h4-9,12-13,37H,14,28H2,1-3H3,(H2,34,41)(H,35,36). The molecule has 1 atom stereocenters. The Labute approximate surface area is 240 Å². The molecule has 0 aliphatic carbocycles. The fourth-order valence-corrected chi connectivity index (χ4v) is 4.44. The minimum atomic E-state index is -4.13. The molecular weight excluding hydrogens is 551 g/mol. The van der Waals surface area contributed by atoms with Crippen LogP contribution in [0.4, 0.5) is 20.2 Å². The van der Waals surface area contributed by atoms with Crippen molar-refractivity contribution >= 4 is 47.6 Å². The highest BCUT2D eigenvalue weighted by Crippen LogP contribution is 2.37. The Morgan fingerprint density at radius 1 is 1.20 bits per heavy atom. The number of nitrogens with two attached hydrogens (primary N) is 1. The lowest BCUT2D eigenvalue weighted by atomic mass is 9.69. The number of aromatic nitrogens is 4. The zero-order valence-electron chi connectivity index (χ0n) is 22.6. The van der Waals surface area contributed by atoms with E-state index in [1.165, 1.54) is 6.20 Å². The molecule has 0 radical (unpaired) electrons. The van der Waals surface area contributed by atoms with Crippen LogP contribution in [0.1, 0.15) is 43.2 Å². The van der Waals surface area contributed by atoms with Crippen LogP contribution in [-0.2, 0) is 16.3 Å². The van der Waals surface area contributed by atoms with E-state index in [0.717, 1.165) is 6.20 Å². The van der Waals surface area contributed by atoms with Gasteiger partial charge in [-0.15, -0.1) is 5.10 Å². The number of amides is 1. The van der Waals surface area contributed by atoms with E-state index in [-0.39, 0.29) is 20.8 Å². The maximum absolute atomic E-state index is 14.4. The van der Waals surface area contributed by atoms with Crippen molar-refractivity contribution in [2.75, 3.05) is 17.2 Å². The fraction of sp³-hybridized carbons (Fsp3) is 0.259. The Morgan fingerprint density at radius 3 is 2.56 bits per heavy atom. The largest absolute Gasteiger partial charge is 0.423 e. The number of halogens is 3. The van der Waals surface area contributed by atoms with Gasteiger partial charge in [0.1, 0.15) is 19.6 Å². The van der Waals surface area contributed by atoms with Gasteiger partial charge in [0, 0.05) is 23.8 Å². The van der Waals surface area contributed by atoms with E-state index in [1.807, 2.05) is 20.8 Å². The van der Waals surface area contributed by atoms with Crippen molar-refractivity contribution in [3.63, 3.8) is 0 Å². The molecule has 0 aliphatic heterocycles. The summed E-state index contributed by atoms with van der Waals surface area (Å²) in [4.78, 5) is 15.7. The molecule has 0 bridgehead atoms. The molecule has 41 heavy (non-hydrogen) atoms. The summed E-state index contributed by atoms with van der Waals surface area (Å²) in [6.07, 6.45) is 2.35. The second kappa shape index (κ2) is 10.7. The first-order chi connectivity index (χ1) is 19.2.